The highest BCUT2D eigenvalue weighted by atomic mass is 16.5. The Kier molecular flexibility index (Phi) is 5.33. The van der Waals surface area contributed by atoms with Crippen molar-refractivity contribution >= 4 is 17.8 Å². The van der Waals surface area contributed by atoms with Gasteiger partial charge < -0.3 is 19.3 Å². The minimum absolute atomic E-state index is 0.103. The van der Waals surface area contributed by atoms with Crippen LogP contribution < -0.4 is 4.74 Å². The average molecular weight is 395 g/mol. The van der Waals surface area contributed by atoms with Crippen LogP contribution in [0.25, 0.3) is 6.08 Å². The number of carbonyl (C=O) groups excluding carboxylic acids is 2. The molecule has 7 nitrogen and oxygen atoms in total. The molecule has 7 heteroatoms. The van der Waals surface area contributed by atoms with Crippen LogP contribution in [0.2, 0.25) is 0 Å². The summed E-state index contributed by atoms with van der Waals surface area (Å²) in [5.74, 6) is 0.0265. The molecule has 4 rings (SSSR count). The number of phenols is 1. The van der Waals surface area contributed by atoms with Crippen LogP contribution >= 0.6 is 0 Å². The standard InChI is InChI=1S/C22H21NO6/c1-27-22(26)15-4-2-14(3-5-15)12-19-20(25)16-6-7-18(24)17(21(16)29-19)13-23-8-10-28-11-9-23/h2-7,12,24H,8-11,13H2,1H3. The van der Waals surface area contributed by atoms with Crippen LogP contribution in [-0.2, 0) is 16.0 Å². The highest BCUT2D eigenvalue weighted by molar-refractivity contribution is 6.15. The number of methoxy groups -OCH3 is 1. The Balaban J connectivity index is 1.60. The summed E-state index contributed by atoms with van der Waals surface area (Å²) in [6.45, 7) is 3.27. The second kappa shape index (κ2) is 8.06. The SMILES string of the molecule is COC(=O)c1ccc(C=C2Oc3c(ccc(O)c3CN3CCOCC3)C2=O)cc1. The molecule has 0 aromatic heterocycles. The quantitative estimate of drug-likeness (QED) is 0.629. The van der Waals surface area contributed by atoms with Gasteiger partial charge in [-0.3, -0.25) is 9.69 Å². The zero-order valence-corrected chi connectivity index (χ0v) is 16.0. The summed E-state index contributed by atoms with van der Waals surface area (Å²) in [6.07, 6.45) is 1.62. The van der Waals surface area contributed by atoms with Gasteiger partial charge in [-0.1, -0.05) is 12.1 Å². The Hall–Kier alpha value is -3.16. The molecular formula is C22H21NO6. The van der Waals surface area contributed by atoms with Crippen molar-refractivity contribution in [3.63, 3.8) is 0 Å². The minimum Gasteiger partial charge on any atom is -0.507 e. The van der Waals surface area contributed by atoms with Crippen molar-refractivity contribution in [1.82, 2.24) is 4.90 Å². The van der Waals surface area contributed by atoms with Crippen LogP contribution in [0.4, 0.5) is 0 Å². The van der Waals surface area contributed by atoms with Crippen LogP contribution in [0.1, 0.15) is 31.8 Å². The number of morpholine rings is 1. The van der Waals surface area contributed by atoms with Gasteiger partial charge in [0.1, 0.15) is 11.5 Å². The number of aromatic hydroxyl groups is 1. The zero-order valence-electron chi connectivity index (χ0n) is 16.0. The first-order valence-electron chi connectivity index (χ1n) is 9.34. The molecule has 0 aliphatic carbocycles. The monoisotopic (exact) mass is 395 g/mol. The van der Waals surface area contributed by atoms with Crippen molar-refractivity contribution in [2.45, 2.75) is 6.54 Å². The molecule has 1 fully saturated rings. The number of hydrogen-bond acceptors (Lipinski definition) is 7. The number of fused-ring (bicyclic) bond motifs is 1. The van der Waals surface area contributed by atoms with Gasteiger partial charge in [-0.05, 0) is 35.9 Å². The molecular weight excluding hydrogens is 374 g/mol. The molecule has 0 unspecified atom stereocenters. The Bertz CT molecular complexity index is 974. The number of nitrogens with zero attached hydrogens (tertiary/aromatic N) is 1. The van der Waals surface area contributed by atoms with Crippen molar-refractivity contribution in [1.29, 1.82) is 0 Å². The Morgan fingerprint density at radius 1 is 1.17 bits per heavy atom. The van der Waals surface area contributed by atoms with E-state index < -0.39 is 5.97 Å². The van der Waals surface area contributed by atoms with E-state index in [-0.39, 0.29) is 17.3 Å². The highest BCUT2D eigenvalue weighted by Crippen LogP contribution is 2.40. The molecule has 1 saturated heterocycles. The fraction of sp³-hybridized carbons (Fsp3) is 0.273. The van der Waals surface area contributed by atoms with E-state index in [4.69, 9.17) is 9.47 Å². The first kappa shape index (κ1) is 19.2. The van der Waals surface area contributed by atoms with Crippen LogP contribution in [-0.4, -0.2) is 55.2 Å². The van der Waals surface area contributed by atoms with E-state index in [1.807, 2.05) is 0 Å². The van der Waals surface area contributed by atoms with Crippen LogP contribution in [0.5, 0.6) is 11.5 Å². The fourth-order valence-corrected chi connectivity index (χ4v) is 3.42. The third-order valence-corrected chi connectivity index (χ3v) is 5.03. The summed E-state index contributed by atoms with van der Waals surface area (Å²) in [6, 6.07) is 9.79. The number of hydrogen-bond donors (Lipinski definition) is 1. The average Bonchev–Trinajstić information content (AvgIpc) is 3.06. The number of phenolic OH excluding ortho intramolecular Hbond substituents is 1. The Morgan fingerprint density at radius 2 is 1.90 bits per heavy atom. The van der Waals surface area contributed by atoms with Gasteiger partial charge >= 0.3 is 5.97 Å². The number of rotatable bonds is 4. The lowest BCUT2D eigenvalue weighted by Crippen LogP contribution is -2.35. The van der Waals surface area contributed by atoms with Gasteiger partial charge in [-0.25, -0.2) is 4.79 Å². The maximum Gasteiger partial charge on any atom is 0.337 e. The lowest BCUT2D eigenvalue weighted by atomic mass is 10.0. The normalized spacial score (nSPS) is 17.8. The van der Waals surface area contributed by atoms with Crippen LogP contribution in [0, 0.1) is 0 Å². The van der Waals surface area contributed by atoms with Gasteiger partial charge in [-0.2, -0.15) is 0 Å². The molecule has 2 aliphatic heterocycles. The predicted molar refractivity (Wildman–Crippen MR) is 105 cm³/mol. The van der Waals surface area contributed by atoms with E-state index in [1.54, 1.807) is 36.4 Å². The van der Waals surface area contributed by atoms with Crippen molar-refractivity contribution in [3.8, 4) is 11.5 Å². The third-order valence-electron chi connectivity index (χ3n) is 5.03. The zero-order chi connectivity index (χ0) is 20.4. The third kappa shape index (κ3) is 3.87. The van der Waals surface area contributed by atoms with Gasteiger partial charge in [0.05, 0.1) is 37.0 Å². The second-order valence-corrected chi connectivity index (χ2v) is 6.88. The minimum atomic E-state index is -0.423. The molecule has 1 N–H and O–H groups in total. The van der Waals surface area contributed by atoms with E-state index in [0.29, 0.717) is 47.8 Å². The molecule has 0 saturated carbocycles. The topological polar surface area (TPSA) is 85.3 Å². The van der Waals surface area contributed by atoms with Gasteiger partial charge in [0, 0.05) is 19.6 Å². The Morgan fingerprint density at radius 3 is 2.59 bits per heavy atom. The van der Waals surface area contributed by atoms with Gasteiger partial charge in [-0.15, -0.1) is 0 Å². The fourth-order valence-electron chi connectivity index (χ4n) is 3.42. The molecule has 2 aliphatic rings. The number of esters is 1. The molecule has 2 heterocycles. The number of carbonyl (C=O) groups is 2. The summed E-state index contributed by atoms with van der Waals surface area (Å²) in [7, 11) is 1.32. The number of ether oxygens (including phenoxy) is 3. The van der Waals surface area contributed by atoms with Crippen molar-refractivity contribution in [2.24, 2.45) is 0 Å². The summed E-state index contributed by atoms with van der Waals surface area (Å²) in [5.41, 5.74) is 2.17. The first-order chi connectivity index (χ1) is 14.1. The van der Waals surface area contributed by atoms with E-state index in [2.05, 4.69) is 9.64 Å². The van der Waals surface area contributed by atoms with Crippen LogP contribution in [0.15, 0.2) is 42.2 Å². The molecule has 0 radical (unpaired) electrons. The number of Topliss-reactive ketones (excluding diaryl/α,β-unsaturated/α-hetero) is 1. The highest BCUT2D eigenvalue weighted by Gasteiger charge is 2.31. The number of allylic oxidation sites excluding steroid dienone is 1. The summed E-state index contributed by atoms with van der Waals surface area (Å²) < 4.78 is 15.9. The van der Waals surface area contributed by atoms with Gasteiger partial charge in [0.25, 0.3) is 0 Å². The summed E-state index contributed by atoms with van der Waals surface area (Å²) in [5, 5.41) is 10.4. The lowest BCUT2D eigenvalue weighted by molar-refractivity contribution is 0.0336. The molecule has 0 bridgehead atoms. The summed E-state index contributed by atoms with van der Waals surface area (Å²) in [4.78, 5) is 26.5. The summed E-state index contributed by atoms with van der Waals surface area (Å²) >= 11 is 0. The number of ketones is 1. The maximum atomic E-state index is 12.8. The van der Waals surface area contributed by atoms with E-state index in [0.717, 1.165) is 13.1 Å². The smallest absolute Gasteiger partial charge is 0.337 e. The maximum absolute atomic E-state index is 12.8. The van der Waals surface area contributed by atoms with E-state index in [1.165, 1.54) is 13.2 Å². The number of benzene rings is 2. The molecule has 2 aromatic carbocycles. The molecule has 0 amide bonds. The first-order valence-corrected chi connectivity index (χ1v) is 9.34. The van der Waals surface area contributed by atoms with Crippen molar-refractivity contribution < 1.29 is 28.9 Å². The van der Waals surface area contributed by atoms with E-state index >= 15 is 0 Å². The Labute approximate surface area is 168 Å². The van der Waals surface area contributed by atoms with Gasteiger partial charge in [0.2, 0.25) is 5.78 Å². The largest absolute Gasteiger partial charge is 0.507 e. The van der Waals surface area contributed by atoms with Gasteiger partial charge in [0.15, 0.2) is 5.76 Å². The molecule has 0 spiro atoms. The van der Waals surface area contributed by atoms with E-state index in [9.17, 15) is 14.7 Å². The molecule has 0 atom stereocenters. The predicted octanol–water partition coefficient (Wildman–Crippen LogP) is 2.63. The molecule has 150 valence electrons. The lowest BCUT2D eigenvalue weighted by Gasteiger charge is -2.27. The van der Waals surface area contributed by atoms with Crippen molar-refractivity contribution in [2.75, 3.05) is 33.4 Å². The molecule has 29 heavy (non-hydrogen) atoms. The van der Waals surface area contributed by atoms with Crippen molar-refractivity contribution in [3.05, 3.63) is 64.4 Å². The van der Waals surface area contributed by atoms with Crippen LogP contribution in [0.3, 0.4) is 0 Å². The molecule has 2 aromatic rings. The second-order valence-electron chi connectivity index (χ2n) is 6.88.